The van der Waals surface area contributed by atoms with E-state index >= 15 is 4.39 Å². The van der Waals surface area contributed by atoms with E-state index in [1.165, 1.54) is 12.8 Å². The van der Waals surface area contributed by atoms with Crippen LogP contribution in [0.2, 0.25) is 0 Å². The van der Waals surface area contributed by atoms with Crippen LogP contribution >= 0.6 is 0 Å². The molecule has 2 bridgehead atoms. The van der Waals surface area contributed by atoms with E-state index in [-0.39, 0.29) is 42.1 Å². The highest BCUT2D eigenvalue weighted by atomic mass is 19.1. The van der Waals surface area contributed by atoms with Gasteiger partial charge in [0, 0.05) is 93.7 Å². The molecule has 5 aromatic rings. The Bertz CT molecular complexity index is 2590. The van der Waals surface area contributed by atoms with Crippen molar-refractivity contribution < 1.29 is 23.8 Å². The molecule has 11 rings (SSSR count). The van der Waals surface area contributed by atoms with Crippen LogP contribution in [0.1, 0.15) is 50.5 Å². The minimum Gasteiger partial charge on any atom is -0.507 e. The number of halogens is 1. The monoisotopic (exact) mass is 869 g/mol. The second kappa shape index (κ2) is 16.2. The number of aromatic nitrogens is 4. The van der Waals surface area contributed by atoms with E-state index in [0.717, 1.165) is 99.5 Å². The molecule has 8 heterocycles. The number of aryl methyl sites for hydroxylation is 1. The highest BCUT2D eigenvalue weighted by Gasteiger charge is 2.47. The van der Waals surface area contributed by atoms with Gasteiger partial charge >= 0.3 is 6.03 Å². The van der Waals surface area contributed by atoms with Crippen LogP contribution in [0.3, 0.4) is 0 Å². The first-order chi connectivity index (χ1) is 31.1. The van der Waals surface area contributed by atoms with E-state index < -0.39 is 6.03 Å². The van der Waals surface area contributed by atoms with Gasteiger partial charge in [0.1, 0.15) is 17.2 Å². The summed E-state index contributed by atoms with van der Waals surface area (Å²) in [4.78, 5) is 40.1. The molecule has 1 aliphatic carbocycles. The van der Waals surface area contributed by atoms with Crippen LogP contribution in [0.15, 0.2) is 67.0 Å². The first-order valence-corrected chi connectivity index (χ1v) is 23.0. The molecule has 16 heteroatoms. The largest absolute Gasteiger partial charge is 0.507 e. The fraction of sp³-hybridized carbons (Fsp3) is 0.479. The first kappa shape index (κ1) is 40.8. The number of piperidine rings is 1. The third-order valence-corrected chi connectivity index (χ3v) is 15.0. The maximum absolute atomic E-state index is 15.7. The molecule has 5 aliphatic heterocycles. The van der Waals surface area contributed by atoms with E-state index in [1.54, 1.807) is 29.3 Å². The minimum absolute atomic E-state index is 0.0491. The smallest absolute Gasteiger partial charge is 0.328 e. The molecular weight excluding hydrogens is 814 g/mol. The third kappa shape index (κ3) is 7.53. The number of para-hydroxylation sites is 1. The molecule has 2 unspecified atom stereocenters. The maximum Gasteiger partial charge on any atom is 0.328 e. The lowest BCUT2D eigenvalue weighted by atomic mass is 9.57. The Morgan fingerprint density at radius 3 is 2.48 bits per heavy atom. The number of pyridine rings is 1. The second-order valence-electron chi connectivity index (χ2n) is 19.1. The highest BCUT2D eigenvalue weighted by Crippen LogP contribution is 2.53. The number of morpholine rings is 1. The summed E-state index contributed by atoms with van der Waals surface area (Å²) in [6.07, 6.45) is 10.9. The van der Waals surface area contributed by atoms with E-state index in [0.29, 0.717) is 59.5 Å². The van der Waals surface area contributed by atoms with Crippen molar-refractivity contribution in [3.05, 3.63) is 78.4 Å². The zero-order valence-electron chi connectivity index (χ0n) is 36.3. The summed E-state index contributed by atoms with van der Waals surface area (Å²) in [5.74, 6) is 0.787. The molecule has 1 spiro atoms. The zero-order valence-corrected chi connectivity index (χ0v) is 36.3. The zero-order chi connectivity index (χ0) is 43.7. The molecule has 3 aromatic heterocycles. The Morgan fingerprint density at radius 2 is 1.70 bits per heavy atom. The molecule has 0 radical (unpaired) electrons. The molecule has 334 valence electrons. The number of nitrogens with two attached hydrogens (primary N) is 1. The van der Waals surface area contributed by atoms with Crippen molar-refractivity contribution in [2.75, 3.05) is 84.3 Å². The number of benzene rings is 2. The number of ether oxygens (including phenoxy) is 1. The Kier molecular flexibility index (Phi) is 10.3. The molecule has 3 amide bonds. The van der Waals surface area contributed by atoms with Gasteiger partial charge in [-0.2, -0.15) is 0 Å². The van der Waals surface area contributed by atoms with Crippen molar-refractivity contribution in [2.45, 2.75) is 76.6 Å². The van der Waals surface area contributed by atoms with Gasteiger partial charge in [0.15, 0.2) is 5.82 Å². The lowest BCUT2D eigenvalue weighted by Gasteiger charge is -2.54. The third-order valence-electron chi connectivity index (χ3n) is 15.0. The molecule has 5 saturated heterocycles. The SMILES string of the molecule is Cc1cn(C[C@@H]2CN(CC3CC4(CCN(c5cc(N6C7CCC6CN(c6cc(-c8ccccc8O)nnc6N)C7)ccc5F)CC4)C3)CCO2)c2ncc(N3CCC(=O)NC3=O)cc12. The number of fused-ring (bicyclic) bond motifs is 3. The van der Waals surface area contributed by atoms with Crippen LogP contribution < -0.4 is 30.7 Å². The van der Waals surface area contributed by atoms with Gasteiger partial charge in [-0.1, -0.05) is 12.1 Å². The predicted octanol–water partition coefficient (Wildman–Crippen LogP) is 5.93. The van der Waals surface area contributed by atoms with Gasteiger partial charge < -0.3 is 34.8 Å². The summed E-state index contributed by atoms with van der Waals surface area (Å²) < 4.78 is 24.1. The number of hydrogen-bond donors (Lipinski definition) is 3. The number of aromatic hydroxyl groups is 1. The Balaban J connectivity index is 0.682. The molecule has 15 nitrogen and oxygen atoms in total. The summed E-state index contributed by atoms with van der Waals surface area (Å²) in [5, 5.41) is 22.4. The number of carbonyl (C=O) groups is 2. The fourth-order valence-corrected chi connectivity index (χ4v) is 11.9. The number of hydrogen-bond acceptors (Lipinski definition) is 12. The van der Waals surface area contributed by atoms with Crippen LogP contribution in [0.4, 0.5) is 37.8 Å². The number of rotatable bonds is 9. The molecule has 6 aliphatic rings. The van der Waals surface area contributed by atoms with Crippen molar-refractivity contribution in [2.24, 2.45) is 11.3 Å². The standard InChI is InChI=1S/C48H56FN11O4/c1-30-24-58(46-38(30)18-35(23-51-46)59-13-10-44(62)52-47(59)63)29-36-28-55(16-17-64-36)25-31-21-48(22-31)11-14-56(15-12-48)41-19-32(8-9-39(41)49)60-33-6-7-34(60)27-57(26-33)42-20-40(53-54-45(42)50)37-4-2-3-5-43(37)61/h2-5,8-9,18-20,23-24,31,33-34,36,61H,6-7,10-17,21-22,25-29H2,1H3,(H2,50,54)(H,52,62,63)/t33?,34?,36-/m0/s1. The fourth-order valence-electron chi connectivity index (χ4n) is 11.9. The van der Waals surface area contributed by atoms with Gasteiger partial charge in [-0.15, -0.1) is 10.2 Å². The van der Waals surface area contributed by atoms with Crippen LogP contribution in [0.25, 0.3) is 22.3 Å². The highest BCUT2D eigenvalue weighted by molar-refractivity contribution is 6.06. The molecule has 2 aromatic carbocycles. The molecule has 4 N–H and O–H groups in total. The number of phenols is 1. The van der Waals surface area contributed by atoms with Crippen molar-refractivity contribution in [1.82, 2.24) is 30.0 Å². The average Bonchev–Trinajstić information content (AvgIpc) is 3.73. The van der Waals surface area contributed by atoms with Gasteiger partial charge in [-0.25, -0.2) is 14.2 Å². The van der Waals surface area contributed by atoms with Crippen LogP contribution in [0, 0.1) is 24.1 Å². The van der Waals surface area contributed by atoms with Crippen molar-refractivity contribution >= 4 is 51.5 Å². The van der Waals surface area contributed by atoms with Gasteiger partial charge in [-0.3, -0.25) is 19.9 Å². The number of phenolic OH excluding ortho intramolecular Hbond substituents is 1. The van der Waals surface area contributed by atoms with Crippen molar-refractivity contribution in [1.29, 1.82) is 0 Å². The molecular formula is C48H56FN11O4. The topological polar surface area (TPSA) is 161 Å². The number of carbonyl (C=O) groups excluding carboxylic acids is 2. The van der Waals surface area contributed by atoms with Crippen LogP contribution in [-0.4, -0.2) is 119 Å². The van der Waals surface area contributed by atoms with E-state index in [2.05, 4.69) is 58.9 Å². The summed E-state index contributed by atoms with van der Waals surface area (Å²) in [6, 6.07) is 16.9. The number of piperazine rings is 1. The predicted molar refractivity (Wildman–Crippen MR) is 244 cm³/mol. The van der Waals surface area contributed by atoms with Gasteiger partial charge in [0.2, 0.25) is 5.91 Å². The Labute approximate surface area is 372 Å². The summed E-state index contributed by atoms with van der Waals surface area (Å²) in [5.41, 5.74) is 13.2. The number of nitrogens with one attached hydrogen (secondary N) is 1. The average molecular weight is 870 g/mol. The van der Waals surface area contributed by atoms with E-state index in [4.69, 9.17) is 15.5 Å². The van der Waals surface area contributed by atoms with E-state index in [9.17, 15) is 14.7 Å². The quantitative estimate of drug-likeness (QED) is 0.161. The van der Waals surface area contributed by atoms with E-state index in [1.807, 2.05) is 30.3 Å². The van der Waals surface area contributed by atoms with Crippen LogP contribution in [0.5, 0.6) is 5.75 Å². The molecule has 6 fully saturated rings. The summed E-state index contributed by atoms with van der Waals surface area (Å²) in [7, 11) is 0. The molecule has 1 saturated carbocycles. The number of nitrogens with zero attached hydrogens (tertiary/aromatic N) is 9. The summed E-state index contributed by atoms with van der Waals surface area (Å²) in [6.45, 7) is 9.97. The number of urea groups is 1. The normalized spacial score (nSPS) is 23.9. The number of anilines is 5. The van der Waals surface area contributed by atoms with Crippen molar-refractivity contribution in [3.63, 3.8) is 0 Å². The Morgan fingerprint density at radius 1 is 0.906 bits per heavy atom. The maximum atomic E-state index is 15.7. The first-order valence-electron chi connectivity index (χ1n) is 23.0. The van der Waals surface area contributed by atoms with Gasteiger partial charge in [0.25, 0.3) is 0 Å². The number of nitrogen functional groups attached to an aromatic ring is 1. The molecule has 3 atom stereocenters. The lowest BCUT2D eigenvalue weighted by molar-refractivity contribution is -0.120. The second-order valence-corrected chi connectivity index (χ2v) is 19.1. The number of amides is 3. The minimum atomic E-state index is -0.408. The van der Waals surface area contributed by atoms with Gasteiger partial charge in [-0.05, 0) is 105 Å². The van der Waals surface area contributed by atoms with Crippen LogP contribution in [-0.2, 0) is 16.1 Å². The van der Waals surface area contributed by atoms with Gasteiger partial charge in [0.05, 0.1) is 48.2 Å². The number of imide groups is 1. The molecule has 64 heavy (non-hydrogen) atoms. The summed E-state index contributed by atoms with van der Waals surface area (Å²) >= 11 is 0. The Hall–Kier alpha value is -6.00. The lowest BCUT2D eigenvalue weighted by Crippen LogP contribution is -2.54. The van der Waals surface area contributed by atoms with Crippen molar-refractivity contribution in [3.8, 4) is 17.0 Å².